The third-order valence-electron chi connectivity index (χ3n) is 2.46. The molecule has 1 aromatic rings. The summed E-state index contributed by atoms with van der Waals surface area (Å²) >= 11 is 0. The van der Waals surface area contributed by atoms with Gasteiger partial charge in [0.15, 0.2) is 0 Å². The Balaban J connectivity index is 2.88. The summed E-state index contributed by atoms with van der Waals surface area (Å²) in [7, 11) is 1.55. The number of hydrogen-bond acceptors (Lipinski definition) is 1. The molecule has 78 valence electrons. The number of halogens is 1. The molecular formula is C12H17FO. The fourth-order valence-corrected chi connectivity index (χ4v) is 1.62. The highest BCUT2D eigenvalue weighted by atomic mass is 19.1. The smallest absolute Gasteiger partial charge is 0.130 e. The Bertz CT molecular complexity index is 296. The minimum absolute atomic E-state index is 0.162. The molecular weight excluding hydrogens is 179 g/mol. The summed E-state index contributed by atoms with van der Waals surface area (Å²) in [5.41, 5.74) is 0.785. The SMILES string of the molecule is CCCC(C)c1ccc(OC)cc1F. The van der Waals surface area contributed by atoms with Crippen LogP contribution in [0.15, 0.2) is 18.2 Å². The lowest BCUT2D eigenvalue weighted by Gasteiger charge is -2.12. The van der Waals surface area contributed by atoms with Crippen LogP contribution in [-0.2, 0) is 0 Å². The summed E-state index contributed by atoms with van der Waals surface area (Å²) in [4.78, 5) is 0. The predicted octanol–water partition coefficient (Wildman–Crippen LogP) is 3.74. The van der Waals surface area contributed by atoms with E-state index in [2.05, 4.69) is 6.92 Å². The van der Waals surface area contributed by atoms with Crippen LogP contribution in [0.2, 0.25) is 0 Å². The first kappa shape index (κ1) is 11.0. The number of rotatable bonds is 4. The minimum Gasteiger partial charge on any atom is -0.497 e. The minimum atomic E-state index is -0.162. The third-order valence-corrected chi connectivity index (χ3v) is 2.46. The molecule has 0 aliphatic carbocycles. The summed E-state index contributed by atoms with van der Waals surface area (Å²) in [5, 5.41) is 0. The van der Waals surface area contributed by atoms with Gasteiger partial charge in [-0.2, -0.15) is 0 Å². The maximum absolute atomic E-state index is 13.5. The van der Waals surface area contributed by atoms with E-state index in [4.69, 9.17) is 4.74 Å². The molecule has 0 aromatic heterocycles. The van der Waals surface area contributed by atoms with Gasteiger partial charge in [0.05, 0.1) is 7.11 Å². The van der Waals surface area contributed by atoms with Gasteiger partial charge in [0, 0.05) is 6.07 Å². The quantitative estimate of drug-likeness (QED) is 0.712. The van der Waals surface area contributed by atoms with Gasteiger partial charge in [-0.05, 0) is 24.0 Å². The predicted molar refractivity (Wildman–Crippen MR) is 56.3 cm³/mol. The van der Waals surface area contributed by atoms with E-state index in [1.54, 1.807) is 7.11 Å². The topological polar surface area (TPSA) is 9.23 Å². The first-order valence-corrected chi connectivity index (χ1v) is 5.02. The van der Waals surface area contributed by atoms with E-state index in [0.717, 1.165) is 18.4 Å². The Morgan fingerprint density at radius 3 is 2.64 bits per heavy atom. The molecule has 0 N–H and O–H groups in total. The fourth-order valence-electron chi connectivity index (χ4n) is 1.62. The summed E-state index contributed by atoms with van der Waals surface area (Å²) in [6.45, 7) is 4.16. The van der Waals surface area contributed by atoms with Crippen molar-refractivity contribution in [2.24, 2.45) is 0 Å². The Labute approximate surface area is 84.9 Å². The van der Waals surface area contributed by atoms with Crippen LogP contribution in [0.3, 0.4) is 0 Å². The van der Waals surface area contributed by atoms with Crippen LogP contribution >= 0.6 is 0 Å². The fraction of sp³-hybridized carbons (Fsp3) is 0.500. The second-order valence-electron chi connectivity index (χ2n) is 3.58. The summed E-state index contributed by atoms with van der Waals surface area (Å²) in [6, 6.07) is 5.07. The molecule has 0 radical (unpaired) electrons. The van der Waals surface area contributed by atoms with Crippen LogP contribution in [0, 0.1) is 5.82 Å². The molecule has 1 aromatic carbocycles. The Morgan fingerprint density at radius 1 is 1.43 bits per heavy atom. The highest BCUT2D eigenvalue weighted by molar-refractivity contribution is 5.30. The molecule has 1 rings (SSSR count). The Kier molecular flexibility index (Phi) is 3.93. The van der Waals surface area contributed by atoms with Crippen molar-refractivity contribution < 1.29 is 9.13 Å². The summed E-state index contributed by atoms with van der Waals surface area (Å²) in [5.74, 6) is 0.700. The monoisotopic (exact) mass is 196 g/mol. The van der Waals surface area contributed by atoms with Crippen molar-refractivity contribution in [3.8, 4) is 5.75 Å². The van der Waals surface area contributed by atoms with Gasteiger partial charge in [-0.15, -0.1) is 0 Å². The molecule has 14 heavy (non-hydrogen) atoms. The number of methoxy groups -OCH3 is 1. The van der Waals surface area contributed by atoms with Gasteiger partial charge in [0.1, 0.15) is 11.6 Å². The number of benzene rings is 1. The van der Waals surface area contributed by atoms with Crippen molar-refractivity contribution in [2.75, 3.05) is 7.11 Å². The van der Waals surface area contributed by atoms with Crippen molar-refractivity contribution >= 4 is 0 Å². The van der Waals surface area contributed by atoms with Crippen molar-refractivity contribution in [3.63, 3.8) is 0 Å². The molecule has 2 heteroatoms. The lowest BCUT2D eigenvalue weighted by molar-refractivity contribution is 0.410. The van der Waals surface area contributed by atoms with Crippen LogP contribution in [0.4, 0.5) is 4.39 Å². The second-order valence-corrected chi connectivity index (χ2v) is 3.58. The van der Waals surface area contributed by atoms with Gasteiger partial charge in [-0.3, -0.25) is 0 Å². The standard InChI is InChI=1S/C12H17FO/c1-4-5-9(2)11-7-6-10(14-3)8-12(11)13/h6-9H,4-5H2,1-3H3. The highest BCUT2D eigenvalue weighted by Gasteiger charge is 2.10. The van der Waals surface area contributed by atoms with E-state index in [9.17, 15) is 4.39 Å². The van der Waals surface area contributed by atoms with E-state index >= 15 is 0 Å². The zero-order valence-corrected chi connectivity index (χ0v) is 9.01. The van der Waals surface area contributed by atoms with E-state index in [0.29, 0.717) is 5.75 Å². The molecule has 0 aliphatic heterocycles. The molecule has 1 nitrogen and oxygen atoms in total. The van der Waals surface area contributed by atoms with Crippen molar-refractivity contribution in [3.05, 3.63) is 29.6 Å². The van der Waals surface area contributed by atoms with E-state index in [1.807, 2.05) is 19.1 Å². The maximum Gasteiger partial charge on any atom is 0.130 e. The van der Waals surface area contributed by atoms with Gasteiger partial charge < -0.3 is 4.74 Å². The van der Waals surface area contributed by atoms with Crippen LogP contribution in [0.1, 0.15) is 38.2 Å². The molecule has 0 amide bonds. The Hall–Kier alpha value is -1.05. The molecule has 0 saturated heterocycles. The van der Waals surface area contributed by atoms with Gasteiger partial charge in [-0.25, -0.2) is 4.39 Å². The zero-order valence-electron chi connectivity index (χ0n) is 9.01. The molecule has 1 unspecified atom stereocenters. The summed E-state index contributed by atoms with van der Waals surface area (Å²) in [6.07, 6.45) is 2.09. The van der Waals surface area contributed by atoms with Crippen LogP contribution < -0.4 is 4.74 Å². The molecule has 0 saturated carbocycles. The highest BCUT2D eigenvalue weighted by Crippen LogP contribution is 2.26. The van der Waals surface area contributed by atoms with Crippen LogP contribution in [-0.4, -0.2) is 7.11 Å². The third kappa shape index (κ3) is 2.47. The average molecular weight is 196 g/mol. The Morgan fingerprint density at radius 2 is 2.14 bits per heavy atom. The molecule has 0 bridgehead atoms. The normalized spacial score (nSPS) is 12.6. The van der Waals surface area contributed by atoms with Crippen molar-refractivity contribution in [1.29, 1.82) is 0 Å². The molecule has 0 aliphatic rings. The first-order chi connectivity index (χ1) is 6.69. The van der Waals surface area contributed by atoms with E-state index < -0.39 is 0 Å². The van der Waals surface area contributed by atoms with Crippen LogP contribution in [0.5, 0.6) is 5.75 Å². The van der Waals surface area contributed by atoms with Gasteiger partial charge in [0.2, 0.25) is 0 Å². The van der Waals surface area contributed by atoms with E-state index in [1.165, 1.54) is 6.07 Å². The lowest BCUT2D eigenvalue weighted by Crippen LogP contribution is -1.97. The van der Waals surface area contributed by atoms with Crippen molar-refractivity contribution in [1.82, 2.24) is 0 Å². The average Bonchev–Trinajstić information content (AvgIpc) is 2.17. The van der Waals surface area contributed by atoms with Gasteiger partial charge in [0.25, 0.3) is 0 Å². The molecule has 0 heterocycles. The zero-order chi connectivity index (χ0) is 10.6. The van der Waals surface area contributed by atoms with Crippen LogP contribution in [0.25, 0.3) is 0 Å². The van der Waals surface area contributed by atoms with Crippen molar-refractivity contribution in [2.45, 2.75) is 32.6 Å². The lowest BCUT2D eigenvalue weighted by atomic mass is 9.96. The molecule has 1 atom stereocenters. The van der Waals surface area contributed by atoms with Gasteiger partial charge in [-0.1, -0.05) is 26.3 Å². The summed E-state index contributed by atoms with van der Waals surface area (Å²) < 4.78 is 18.5. The molecule has 0 fully saturated rings. The number of hydrogen-bond donors (Lipinski definition) is 0. The van der Waals surface area contributed by atoms with Gasteiger partial charge >= 0.3 is 0 Å². The second kappa shape index (κ2) is 4.99. The van der Waals surface area contributed by atoms with E-state index in [-0.39, 0.29) is 11.7 Å². The first-order valence-electron chi connectivity index (χ1n) is 5.02. The largest absolute Gasteiger partial charge is 0.497 e. The number of ether oxygens (including phenoxy) is 1. The molecule has 0 spiro atoms. The maximum atomic E-state index is 13.5.